The van der Waals surface area contributed by atoms with Crippen molar-refractivity contribution in [1.29, 1.82) is 0 Å². The van der Waals surface area contributed by atoms with Crippen LogP contribution in [0.4, 0.5) is 13.2 Å². The van der Waals surface area contributed by atoms with E-state index in [9.17, 15) is 13.2 Å². The quantitative estimate of drug-likeness (QED) is 0.779. The molecule has 20 heavy (non-hydrogen) atoms. The van der Waals surface area contributed by atoms with Gasteiger partial charge < -0.3 is 4.74 Å². The number of rotatable bonds is 4. The van der Waals surface area contributed by atoms with Gasteiger partial charge in [0.25, 0.3) is 0 Å². The minimum Gasteiger partial charge on any atom is -0.369 e. The molecule has 0 fully saturated rings. The first-order valence-corrected chi connectivity index (χ1v) is 6.36. The molecule has 2 aromatic rings. The van der Waals surface area contributed by atoms with E-state index in [4.69, 9.17) is 4.74 Å². The molecule has 1 unspecified atom stereocenters. The van der Waals surface area contributed by atoms with Crippen LogP contribution in [0.3, 0.4) is 0 Å². The van der Waals surface area contributed by atoms with Crippen LogP contribution in [-0.4, -0.2) is 6.61 Å². The summed E-state index contributed by atoms with van der Waals surface area (Å²) in [5, 5.41) is 0. The molecule has 1 atom stereocenters. The van der Waals surface area contributed by atoms with E-state index < -0.39 is 17.8 Å². The third-order valence-electron chi connectivity index (χ3n) is 2.95. The fourth-order valence-electron chi connectivity index (χ4n) is 2.06. The molecule has 0 saturated heterocycles. The van der Waals surface area contributed by atoms with Crippen molar-refractivity contribution in [3.8, 4) is 0 Å². The smallest absolute Gasteiger partial charge is 0.369 e. The van der Waals surface area contributed by atoms with Crippen molar-refractivity contribution in [2.75, 3.05) is 6.61 Å². The van der Waals surface area contributed by atoms with E-state index in [1.165, 1.54) is 6.07 Å². The molecule has 0 amide bonds. The molecule has 0 aromatic heterocycles. The fourth-order valence-corrected chi connectivity index (χ4v) is 2.06. The lowest BCUT2D eigenvalue weighted by atomic mass is 9.99. The Kier molecular flexibility index (Phi) is 4.45. The lowest BCUT2D eigenvalue weighted by Crippen LogP contribution is -2.09. The molecule has 0 bridgehead atoms. The zero-order chi connectivity index (χ0) is 14.6. The molecule has 4 heteroatoms. The van der Waals surface area contributed by atoms with E-state index in [-0.39, 0.29) is 0 Å². The van der Waals surface area contributed by atoms with E-state index in [2.05, 4.69) is 0 Å². The van der Waals surface area contributed by atoms with E-state index in [1.54, 1.807) is 6.07 Å². The summed E-state index contributed by atoms with van der Waals surface area (Å²) in [6.07, 6.45) is -4.83. The Morgan fingerprint density at radius 1 is 0.950 bits per heavy atom. The molecule has 0 N–H and O–H groups in total. The van der Waals surface area contributed by atoms with Gasteiger partial charge in [0, 0.05) is 6.61 Å². The molecule has 0 aliphatic carbocycles. The van der Waals surface area contributed by atoms with Gasteiger partial charge in [-0.05, 0) is 30.2 Å². The summed E-state index contributed by atoms with van der Waals surface area (Å²) in [6.45, 7) is 2.25. The second kappa shape index (κ2) is 6.09. The molecule has 1 nitrogen and oxygen atoms in total. The monoisotopic (exact) mass is 280 g/mol. The molecule has 0 radical (unpaired) electrons. The molecule has 0 spiro atoms. The maximum Gasteiger partial charge on any atom is 0.416 e. The van der Waals surface area contributed by atoms with Crippen LogP contribution < -0.4 is 0 Å². The van der Waals surface area contributed by atoms with Gasteiger partial charge in [-0.2, -0.15) is 13.2 Å². The second-order valence-electron chi connectivity index (χ2n) is 4.37. The number of halogens is 3. The average molecular weight is 280 g/mol. The van der Waals surface area contributed by atoms with Gasteiger partial charge in [-0.25, -0.2) is 0 Å². The van der Waals surface area contributed by atoms with Crippen LogP contribution in [0.25, 0.3) is 0 Å². The normalized spacial score (nSPS) is 13.2. The van der Waals surface area contributed by atoms with Crippen LogP contribution >= 0.6 is 0 Å². The zero-order valence-corrected chi connectivity index (χ0v) is 11.0. The zero-order valence-electron chi connectivity index (χ0n) is 11.0. The molecule has 0 aliphatic heterocycles. The summed E-state index contributed by atoms with van der Waals surface area (Å²) in [7, 11) is 0. The van der Waals surface area contributed by atoms with Gasteiger partial charge in [-0.1, -0.05) is 42.5 Å². The first-order valence-electron chi connectivity index (χ1n) is 6.36. The Balaban J connectivity index is 2.40. The van der Waals surface area contributed by atoms with Crippen LogP contribution in [-0.2, 0) is 10.9 Å². The van der Waals surface area contributed by atoms with E-state index in [1.807, 2.05) is 37.3 Å². The van der Waals surface area contributed by atoms with Crippen molar-refractivity contribution < 1.29 is 17.9 Å². The molecular formula is C16H15F3O. The van der Waals surface area contributed by atoms with Crippen molar-refractivity contribution in [3.05, 3.63) is 71.3 Å². The van der Waals surface area contributed by atoms with Crippen LogP contribution in [0.1, 0.15) is 29.7 Å². The molecule has 0 heterocycles. The van der Waals surface area contributed by atoms with Gasteiger partial charge in [0.2, 0.25) is 0 Å². The van der Waals surface area contributed by atoms with Crippen molar-refractivity contribution in [3.63, 3.8) is 0 Å². The molecular weight excluding hydrogens is 265 g/mol. The van der Waals surface area contributed by atoms with Crippen LogP contribution in [0.2, 0.25) is 0 Å². The summed E-state index contributed by atoms with van der Waals surface area (Å²) in [5.41, 5.74) is 0.692. The first kappa shape index (κ1) is 14.6. The maximum absolute atomic E-state index is 12.8. The number of benzene rings is 2. The first-order chi connectivity index (χ1) is 9.52. The molecule has 0 saturated carbocycles. The third-order valence-corrected chi connectivity index (χ3v) is 2.95. The number of alkyl halides is 3. The van der Waals surface area contributed by atoms with Gasteiger partial charge in [0.1, 0.15) is 6.10 Å². The lowest BCUT2D eigenvalue weighted by molar-refractivity contribution is -0.137. The number of hydrogen-bond acceptors (Lipinski definition) is 1. The van der Waals surface area contributed by atoms with Crippen molar-refractivity contribution in [2.24, 2.45) is 0 Å². The fraction of sp³-hybridized carbons (Fsp3) is 0.250. The second-order valence-corrected chi connectivity index (χ2v) is 4.37. The standard InChI is InChI=1S/C16H15F3O/c1-2-20-15(12-7-4-3-5-8-12)13-9-6-10-14(11-13)16(17,18)19/h3-11,15H,2H2,1H3. The Morgan fingerprint density at radius 3 is 2.20 bits per heavy atom. The van der Waals surface area contributed by atoms with Gasteiger partial charge in [-0.3, -0.25) is 0 Å². The summed E-state index contributed by atoms with van der Waals surface area (Å²) >= 11 is 0. The highest BCUT2D eigenvalue weighted by Gasteiger charge is 2.31. The Morgan fingerprint density at radius 2 is 1.60 bits per heavy atom. The molecule has 0 aliphatic rings. The highest BCUT2D eigenvalue weighted by atomic mass is 19.4. The highest BCUT2D eigenvalue weighted by Crippen LogP contribution is 2.33. The van der Waals surface area contributed by atoms with Gasteiger partial charge in [0.05, 0.1) is 5.56 Å². The third kappa shape index (κ3) is 3.39. The van der Waals surface area contributed by atoms with Gasteiger partial charge in [0.15, 0.2) is 0 Å². The van der Waals surface area contributed by atoms with E-state index >= 15 is 0 Å². The SMILES string of the molecule is CCOC(c1ccccc1)c1cccc(C(F)(F)F)c1. The van der Waals surface area contributed by atoms with Crippen LogP contribution in [0.5, 0.6) is 0 Å². The molecule has 2 aromatic carbocycles. The summed E-state index contributed by atoms with van der Waals surface area (Å²) in [6, 6.07) is 14.5. The topological polar surface area (TPSA) is 9.23 Å². The summed E-state index contributed by atoms with van der Waals surface area (Å²) in [4.78, 5) is 0. The highest BCUT2D eigenvalue weighted by molar-refractivity contribution is 5.33. The average Bonchev–Trinajstić information content (AvgIpc) is 2.45. The summed E-state index contributed by atoms with van der Waals surface area (Å²) < 4.78 is 44.0. The Labute approximate surface area is 116 Å². The largest absolute Gasteiger partial charge is 0.416 e. The molecule has 2 rings (SSSR count). The predicted octanol–water partition coefficient (Wildman–Crippen LogP) is 4.83. The summed E-state index contributed by atoms with van der Waals surface area (Å²) in [5.74, 6) is 0. The Hall–Kier alpha value is -1.81. The van der Waals surface area contributed by atoms with Crippen molar-refractivity contribution in [2.45, 2.75) is 19.2 Å². The Bertz CT molecular complexity index is 549. The number of hydrogen-bond donors (Lipinski definition) is 0. The van der Waals surface area contributed by atoms with E-state index in [0.29, 0.717) is 12.2 Å². The van der Waals surface area contributed by atoms with Gasteiger partial charge in [-0.15, -0.1) is 0 Å². The minimum atomic E-state index is -4.34. The maximum atomic E-state index is 12.8. The minimum absolute atomic E-state index is 0.426. The van der Waals surface area contributed by atoms with Gasteiger partial charge >= 0.3 is 6.18 Å². The molecule has 106 valence electrons. The number of ether oxygens (including phenoxy) is 1. The van der Waals surface area contributed by atoms with E-state index in [0.717, 1.165) is 17.7 Å². The lowest BCUT2D eigenvalue weighted by Gasteiger charge is -2.19. The van der Waals surface area contributed by atoms with Crippen molar-refractivity contribution in [1.82, 2.24) is 0 Å². The van der Waals surface area contributed by atoms with Crippen LogP contribution in [0.15, 0.2) is 54.6 Å². The predicted molar refractivity (Wildman–Crippen MR) is 71.4 cm³/mol. The van der Waals surface area contributed by atoms with Crippen molar-refractivity contribution >= 4 is 0 Å². The van der Waals surface area contributed by atoms with Crippen LogP contribution in [0, 0.1) is 0 Å².